The summed E-state index contributed by atoms with van der Waals surface area (Å²) >= 11 is 0. The van der Waals surface area contributed by atoms with E-state index in [0.29, 0.717) is 0 Å². The predicted octanol–water partition coefficient (Wildman–Crippen LogP) is -1.54. The molecule has 2 nitrogen and oxygen atoms in total. The summed E-state index contributed by atoms with van der Waals surface area (Å²) in [5.41, 5.74) is 0. The van der Waals surface area contributed by atoms with Crippen molar-refractivity contribution in [2.75, 3.05) is 0 Å². The third kappa shape index (κ3) is 12.3. The van der Waals surface area contributed by atoms with E-state index in [1.807, 2.05) is 0 Å². The molecule has 0 aromatic carbocycles. The van der Waals surface area contributed by atoms with Gasteiger partial charge in [-0.25, -0.2) is 0 Å². The Hall–Kier alpha value is 0.959. The van der Waals surface area contributed by atoms with Crippen LogP contribution in [0.3, 0.4) is 0 Å². The molecule has 0 bridgehead atoms. The van der Waals surface area contributed by atoms with Gasteiger partial charge in [0.15, 0.2) is 17.4 Å². The van der Waals surface area contributed by atoms with Gasteiger partial charge in [-0.2, -0.15) is 0 Å². The van der Waals surface area contributed by atoms with Crippen LogP contribution in [0.1, 0.15) is 0 Å². The van der Waals surface area contributed by atoms with E-state index in [2.05, 4.69) is 0 Å². The van der Waals surface area contributed by atoms with Gasteiger partial charge in [0.1, 0.15) is 0 Å². The maximum atomic E-state index is 0. The molecular formula is H5AlCoO2. The smallest absolute Gasteiger partial charge is 0.870 e. The Balaban J connectivity index is 0. The summed E-state index contributed by atoms with van der Waals surface area (Å²) in [4.78, 5) is 0. The number of rotatable bonds is 0. The van der Waals surface area contributed by atoms with E-state index in [1.54, 1.807) is 0 Å². The SMILES string of the molecule is [AlH3].[Co+2].[OH-].[OH-]. The first-order chi connectivity index (χ1) is 0. The second-order valence-corrected chi connectivity index (χ2v) is 0. The van der Waals surface area contributed by atoms with Gasteiger partial charge in [-0.1, -0.05) is 0 Å². The molecule has 0 aromatic heterocycles. The fourth-order valence-corrected chi connectivity index (χ4v) is 0. The van der Waals surface area contributed by atoms with Gasteiger partial charge >= 0.3 is 16.8 Å². The van der Waals surface area contributed by atoms with Crippen molar-refractivity contribution in [3.05, 3.63) is 0 Å². The third-order valence-corrected chi connectivity index (χ3v) is 0. The van der Waals surface area contributed by atoms with Gasteiger partial charge in [-0.05, 0) is 0 Å². The summed E-state index contributed by atoms with van der Waals surface area (Å²) in [6, 6.07) is 0. The first-order valence-electron chi connectivity index (χ1n) is 0. The fourth-order valence-electron chi connectivity index (χ4n) is 0. The molecule has 4 heteroatoms. The Morgan fingerprint density at radius 3 is 0.750 bits per heavy atom. The van der Waals surface area contributed by atoms with E-state index in [0.717, 1.165) is 0 Å². The van der Waals surface area contributed by atoms with Crippen molar-refractivity contribution in [2.24, 2.45) is 0 Å². The molecule has 0 atom stereocenters. The zero-order valence-corrected chi connectivity index (χ0v) is 2.27. The van der Waals surface area contributed by atoms with Crippen molar-refractivity contribution in [3.8, 4) is 0 Å². The molecule has 1 radical (unpaired) electrons. The molecule has 0 fully saturated rings. The van der Waals surface area contributed by atoms with Crippen LogP contribution in [0.2, 0.25) is 0 Å². The van der Waals surface area contributed by atoms with Gasteiger partial charge in [-0.3, -0.25) is 0 Å². The maximum absolute atomic E-state index is 0. The van der Waals surface area contributed by atoms with E-state index in [4.69, 9.17) is 0 Å². The van der Waals surface area contributed by atoms with Crippen LogP contribution in [0.25, 0.3) is 0 Å². The van der Waals surface area contributed by atoms with Gasteiger partial charge in [0.05, 0.1) is 0 Å². The number of hydrogen-bond acceptors (Lipinski definition) is 2. The molecule has 0 heterocycles. The second kappa shape index (κ2) is 37.7. The van der Waals surface area contributed by atoms with E-state index in [1.165, 1.54) is 0 Å². The monoisotopic (exact) mass is 123 g/mol. The summed E-state index contributed by atoms with van der Waals surface area (Å²) < 4.78 is 0. The topological polar surface area (TPSA) is 60.0 Å². The van der Waals surface area contributed by atoms with Crippen LogP contribution in [-0.2, 0) is 16.8 Å². The van der Waals surface area contributed by atoms with Crippen molar-refractivity contribution in [3.63, 3.8) is 0 Å². The molecule has 0 aliphatic rings. The Morgan fingerprint density at radius 1 is 0.750 bits per heavy atom. The Kier molecular flexibility index (Phi) is 796. The zero-order valence-electron chi connectivity index (χ0n) is 1.23. The molecule has 2 N–H and O–H groups in total. The third-order valence-electron chi connectivity index (χ3n) is 0. The second-order valence-electron chi connectivity index (χ2n) is 0. The van der Waals surface area contributed by atoms with Crippen molar-refractivity contribution in [1.29, 1.82) is 0 Å². The van der Waals surface area contributed by atoms with Gasteiger partial charge in [0.25, 0.3) is 0 Å². The van der Waals surface area contributed by atoms with Crippen molar-refractivity contribution in [1.82, 2.24) is 0 Å². The van der Waals surface area contributed by atoms with Gasteiger partial charge in [-0.15, -0.1) is 0 Å². The average molecular weight is 123 g/mol. The standard InChI is InChI=1S/Al.Co.2H2O.3H/h;;2*1H2;;;/q;+2;;;;;/p-2. The average Bonchev–Trinajstić information content (AvgIpc) is 0. The summed E-state index contributed by atoms with van der Waals surface area (Å²) in [6.07, 6.45) is 0. The minimum atomic E-state index is 0. The first kappa shape index (κ1) is 84.5. The number of hydrogen-bond donors (Lipinski definition) is 0. The van der Waals surface area contributed by atoms with Crippen LogP contribution < -0.4 is 0 Å². The van der Waals surface area contributed by atoms with Crippen LogP contribution in [0.5, 0.6) is 0 Å². The van der Waals surface area contributed by atoms with Crippen LogP contribution in [-0.4, -0.2) is 28.3 Å². The van der Waals surface area contributed by atoms with Gasteiger partial charge in [0.2, 0.25) is 0 Å². The van der Waals surface area contributed by atoms with Crippen molar-refractivity contribution < 1.29 is 27.7 Å². The summed E-state index contributed by atoms with van der Waals surface area (Å²) in [5.74, 6) is 0. The zero-order chi connectivity index (χ0) is 0. The normalized spacial score (nSPS) is 0. The van der Waals surface area contributed by atoms with Crippen LogP contribution in [0.4, 0.5) is 0 Å². The molecule has 29 valence electrons. The van der Waals surface area contributed by atoms with Gasteiger partial charge in [0, 0.05) is 0 Å². The Bertz CT molecular complexity index is 6.00. The molecule has 0 unspecified atom stereocenters. The van der Waals surface area contributed by atoms with E-state index < -0.39 is 0 Å². The van der Waals surface area contributed by atoms with Crippen LogP contribution >= 0.6 is 0 Å². The largest absolute Gasteiger partial charge is 2.00 e. The molecule has 0 aliphatic carbocycles. The molecule has 4 heavy (non-hydrogen) atoms. The predicted molar refractivity (Wildman–Crippen MR) is 13.8 cm³/mol. The summed E-state index contributed by atoms with van der Waals surface area (Å²) in [5, 5.41) is 0. The molecule has 0 saturated carbocycles. The molecule has 0 aliphatic heterocycles. The quantitative estimate of drug-likeness (QED) is 0.366. The maximum Gasteiger partial charge on any atom is 2.00 e. The fraction of sp³-hybridized carbons (Fsp3) is 0. The van der Waals surface area contributed by atoms with Gasteiger partial charge < -0.3 is 11.0 Å². The Morgan fingerprint density at radius 2 is 0.750 bits per heavy atom. The van der Waals surface area contributed by atoms with E-state index in [-0.39, 0.29) is 45.1 Å². The molecular weight excluding hydrogens is 118 g/mol. The van der Waals surface area contributed by atoms with Crippen molar-refractivity contribution in [2.45, 2.75) is 0 Å². The molecule has 0 aromatic rings. The van der Waals surface area contributed by atoms with Crippen molar-refractivity contribution >= 4 is 17.4 Å². The minimum absolute atomic E-state index is 0. The summed E-state index contributed by atoms with van der Waals surface area (Å²) in [6.45, 7) is 0. The Labute approximate surface area is 45.5 Å². The summed E-state index contributed by atoms with van der Waals surface area (Å²) in [7, 11) is 0. The van der Waals surface area contributed by atoms with E-state index >= 15 is 0 Å². The minimum Gasteiger partial charge on any atom is -0.870 e. The van der Waals surface area contributed by atoms with Crippen LogP contribution in [0.15, 0.2) is 0 Å². The first-order valence-corrected chi connectivity index (χ1v) is 0. The molecule has 0 spiro atoms. The molecule has 0 rings (SSSR count). The molecule has 0 saturated heterocycles. The van der Waals surface area contributed by atoms with E-state index in [9.17, 15) is 0 Å². The molecule has 0 amide bonds. The van der Waals surface area contributed by atoms with Crippen LogP contribution in [0, 0.1) is 0 Å².